The van der Waals surface area contributed by atoms with E-state index in [0.717, 1.165) is 35.1 Å². The van der Waals surface area contributed by atoms with E-state index in [1.165, 1.54) is 12.8 Å². The molecule has 0 N–H and O–H groups in total. The highest BCUT2D eigenvalue weighted by molar-refractivity contribution is 7.99. The van der Waals surface area contributed by atoms with Gasteiger partial charge in [0.2, 0.25) is 5.28 Å². The molecule has 1 fully saturated rings. The zero-order valence-electron chi connectivity index (χ0n) is 10.8. The average Bonchev–Trinajstić information content (AvgIpc) is 2.46. The number of anilines is 1. The SMILES string of the molecule is CSC1CCN(c2nc(Cl)nc3ccccc23)CC1. The minimum atomic E-state index is 0.334. The van der Waals surface area contributed by atoms with Gasteiger partial charge in [0.15, 0.2) is 0 Å². The molecule has 0 amide bonds. The topological polar surface area (TPSA) is 29.0 Å². The van der Waals surface area contributed by atoms with Crippen molar-refractivity contribution in [2.75, 3.05) is 24.2 Å². The van der Waals surface area contributed by atoms with Crippen molar-refractivity contribution in [3.05, 3.63) is 29.5 Å². The number of halogens is 1. The third-order valence-corrected chi connectivity index (χ3v) is 4.94. The summed E-state index contributed by atoms with van der Waals surface area (Å²) in [6.45, 7) is 2.09. The van der Waals surface area contributed by atoms with Crippen LogP contribution in [0.2, 0.25) is 5.28 Å². The average molecular weight is 294 g/mol. The first-order chi connectivity index (χ1) is 9.28. The van der Waals surface area contributed by atoms with Crippen molar-refractivity contribution in [1.82, 2.24) is 9.97 Å². The first kappa shape index (κ1) is 13.0. The summed E-state index contributed by atoms with van der Waals surface area (Å²) < 4.78 is 0. The smallest absolute Gasteiger partial charge is 0.224 e. The first-order valence-corrected chi connectivity index (χ1v) is 8.14. The third kappa shape index (κ3) is 2.65. The maximum Gasteiger partial charge on any atom is 0.224 e. The van der Waals surface area contributed by atoms with Gasteiger partial charge in [0.1, 0.15) is 5.82 Å². The zero-order valence-corrected chi connectivity index (χ0v) is 12.4. The molecule has 0 atom stereocenters. The van der Waals surface area contributed by atoms with Crippen LogP contribution in [0.1, 0.15) is 12.8 Å². The second kappa shape index (κ2) is 5.55. The summed E-state index contributed by atoms with van der Waals surface area (Å²) in [6.07, 6.45) is 4.60. The number of thioether (sulfide) groups is 1. The van der Waals surface area contributed by atoms with E-state index < -0.39 is 0 Å². The van der Waals surface area contributed by atoms with Gasteiger partial charge in [0.05, 0.1) is 5.52 Å². The molecule has 1 aliphatic heterocycles. The molecule has 0 spiro atoms. The quantitative estimate of drug-likeness (QED) is 0.791. The number of rotatable bonds is 2. The number of para-hydroxylation sites is 1. The Morgan fingerprint density at radius 1 is 1.21 bits per heavy atom. The molecule has 1 saturated heterocycles. The summed E-state index contributed by atoms with van der Waals surface area (Å²) in [6, 6.07) is 8.07. The van der Waals surface area contributed by atoms with Crippen molar-refractivity contribution in [1.29, 1.82) is 0 Å². The fraction of sp³-hybridized carbons (Fsp3) is 0.429. The van der Waals surface area contributed by atoms with E-state index in [9.17, 15) is 0 Å². The maximum absolute atomic E-state index is 6.05. The molecule has 0 aliphatic carbocycles. The molecular formula is C14H16ClN3S. The second-order valence-electron chi connectivity index (χ2n) is 4.76. The molecule has 19 heavy (non-hydrogen) atoms. The predicted molar refractivity (Wildman–Crippen MR) is 83.3 cm³/mol. The van der Waals surface area contributed by atoms with E-state index in [4.69, 9.17) is 11.6 Å². The number of benzene rings is 1. The van der Waals surface area contributed by atoms with Crippen LogP contribution in [0, 0.1) is 0 Å². The van der Waals surface area contributed by atoms with E-state index in [1.807, 2.05) is 30.0 Å². The highest BCUT2D eigenvalue weighted by Crippen LogP contribution is 2.29. The lowest BCUT2D eigenvalue weighted by molar-refractivity contribution is 0.588. The van der Waals surface area contributed by atoms with Gasteiger partial charge in [0.25, 0.3) is 0 Å². The Morgan fingerprint density at radius 3 is 2.68 bits per heavy atom. The van der Waals surface area contributed by atoms with Crippen molar-refractivity contribution in [3.8, 4) is 0 Å². The van der Waals surface area contributed by atoms with Crippen LogP contribution in [-0.2, 0) is 0 Å². The fourth-order valence-electron chi connectivity index (χ4n) is 2.58. The van der Waals surface area contributed by atoms with Crippen LogP contribution in [0.5, 0.6) is 0 Å². The number of nitrogens with zero attached hydrogens (tertiary/aromatic N) is 3. The minimum absolute atomic E-state index is 0.334. The van der Waals surface area contributed by atoms with Crippen molar-refractivity contribution >= 4 is 40.1 Å². The highest BCUT2D eigenvalue weighted by atomic mass is 35.5. The third-order valence-electron chi connectivity index (χ3n) is 3.63. The van der Waals surface area contributed by atoms with Gasteiger partial charge < -0.3 is 4.90 Å². The van der Waals surface area contributed by atoms with Gasteiger partial charge in [-0.15, -0.1) is 0 Å². The minimum Gasteiger partial charge on any atom is -0.356 e. The molecule has 5 heteroatoms. The van der Waals surface area contributed by atoms with Crippen LogP contribution in [0.3, 0.4) is 0 Å². The molecule has 1 aromatic heterocycles. The molecule has 0 radical (unpaired) electrons. The molecule has 0 unspecified atom stereocenters. The Hall–Kier alpha value is -1.00. The van der Waals surface area contributed by atoms with Crippen LogP contribution in [0.15, 0.2) is 24.3 Å². The first-order valence-electron chi connectivity index (χ1n) is 6.48. The number of hydrogen-bond acceptors (Lipinski definition) is 4. The lowest BCUT2D eigenvalue weighted by Crippen LogP contribution is -2.35. The van der Waals surface area contributed by atoms with E-state index in [-0.39, 0.29) is 0 Å². The van der Waals surface area contributed by atoms with Crippen LogP contribution < -0.4 is 4.90 Å². The normalized spacial score (nSPS) is 17.1. The Kier molecular flexibility index (Phi) is 3.80. The molecule has 0 saturated carbocycles. The van der Waals surface area contributed by atoms with Crippen LogP contribution in [0.25, 0.3) is 10.9 Å². The summed E-state index contributed by atoms with van der Waals surface area (Å²) in [7, 11) is 0. The van der Waals surface area contributed by atoms with Crippen molar-refractivity contribution in [2.24, 2.45) is 0 Å². The van der Waals surface area contributed by atoms with Crippen molar-refractivity contribution < 1.29 is 0 Å². The molecule has 3 rings (SSSR count). The van der Waals surface area contributed by atoms with Gasteiger partial charge in [-0.05, 0) is 42.8 Å². The summed E-state index contributed by atoms with van der Waals surface area (Å²) in [4.78, 5) is 11.1. The monoisotopic (exact) mass is 293 g/mol. The second-order valence-corrected chi connectivity index (χ2v) is 6.23. The molecule has 3 nitrogen and oxygen atoms in total. The van der Waals surface area contributed by atoms with Crippen molar-refractivity contribution in [2.45, 2.75) is 18.1 Å². The van der Waals surface area contributed by atoms with E-state index in [1.54, 1.807) is 0 Å². The molecule has 1 aromatic carbocycles. The fourth-order valence-corrected chi connectivity index (χ4v) is 3.43. The largest absolute Gasteiger partial charge is 0.356 e. The van der Waals surface area contributed by atoms with E-state index >= 15 is 0 Å². The van der Waals surface area contributed by atoms with Gasteiger partial charge in [-0.25, -0.2) is 4.98 Å². The zero-order chi connectivity index (χ0) is 13.2. The van der Waals surface area contributed by atoms with Crippen LogP contribution >= 0.6 is 23.4 Å². The summed E-state index contributed by atoms with van der Waals surface area (Å²) in [5.74, 6) is 0.982. The number of fused-ring (bicyclic) bond motifs is 1. The van der Waals surface area contributed by atoms with E-state index in [0.29, 0.717) is 5.28 Å². The number of hydrogen-bond donors (Lipinski definition) is 0. The standard InChI is InChI=1S/C14H16ClN3S/c1-19-10-6-8-18(9-7-10)13-11-4-2-3-5-12(11)16-14(15)17-13/h2-5,10H,6-9H2,1H3. The Balaban J connectivity index is 1.96. The Bertz CT molecular complexity index is 582. The van der Waals surface area contributed by atoms with Crippen LogP contribution in [0.4, 0.5) is 5.82 Å². The van der Waals surface area contributed by atoms with E-state index in [2.05, 4.69) is 27.2 Å². The van der Waals surface area contributed by atoms with Crippen LogP contribution in [-0.4, -0.2) is 34.6 Å². The van der Waals surface area contributed by atoms with Gasteiger partial charge in [-0.2, -0.15) is 16.7 Å². The van der Waals surface area contributed by atoms with Gasteiger partial charge in [-0.1, -0.05) is 12.1 Å². The molecule has 100 valence electrons. The Morgan fingerprint density at radius 2 is 1.95 bits per heavy atom. The van der Waals surface area contributed by atoms with Crippen molar-refractivity contribution in [3.63, 3.8) is 0 Å². The summed E-state index contributed by atoms with van der Waals surface area (Å²) >= 11 is 8.01. The van der Waals surface area contributed by atoms with Gasteiger partial charge in [0, 0.05) is 23.7 Å². The van der Waals surface area contributed by atoms with Gasteiger partial charge in [-0.3, -0.25) is 0 Å². The molecule has 2 heterocycles. The summed E-state index contributed by atoms with van der Waals surface area (Å²) in [5.41, 5.74) is 0.921. The predicted octanol–water partition coefficient (Wildman–Crippen LogP) is 3.62. The lowest BCUT2D eigenvalue weighted by Gasteiger charge is -2.32. The molecular weight excluding hydrogens is 278 g/mol. The summed E-state index contributed by atoms with van der Waals surface area (Å²) in [5, 5.41) is 2.20. The highest BCUT2D eigenvalue weighted by Gasteiger charge is 2.21. The maximum atomic E-state index is 6.05. The molecule has 1 aliphatic rings. The Labute approximate surface area is 122 Å². The number of aromatic nitrogens is 2. The van der Waals surface area contributed by atoms with Gasteiger partial charge >= 0.3 is 0 Å². The molecule has 0 bridgehead atoms. The number of piperidine rings is 1. The molecule has 2 aromatic rings. The lowest BCUT2D eigenvalue weighted by atomic mass is 10.1.